The highest BCUT2D eigenvalue weighted by Gasteiger charge is 2.35. The highest BCUT2D eigenvalue weighted by Crippen LogP contribution is 2.44. The molecule has 0 amide bonds. The maximum absolute atomic E-state index is 10.3. The van der Waals surface area contributed by atoms with Gasteiger partial charge in [0.1, 0.15) is 12.1 Å². The first-order valence-electron chi connectivity index (χ1n) is 11.2. The van der Waals surface area contributed by atoms with Crippen molar-refractivity contribution in [2.24, 2.45) is 5.92 Å². The minimum absolute atomic E-state index is 0.0660. The highest BCUT2D eigenvalue weighted by molar-refractivity contribution is 6.30. The van der Waals surface area contributed by atoms with Gasteiger partial charge in [0.15, 0.2) is 0 Å². The molecule has 1 aromatic carbocycles. The number of aromatic nitrogens is 2. The normalized spacial score (nSPS) is 22.7. The number of aliphatic hydroxyl groups is 1. The lowest BCUT2D eigenvalue weighted by Crippen LogP contribution is -2.37. The molecule has 2 aliphatic rings. The largest absolute Gasteiger partial charge is 0.387 e. The number of aliphatic hydroxyl groups excluding tert-OH is 1. The van der Waals surface area contributed by atoms with E-state index in [-0.39, 0.29) is 12.0 Å². The van der Waals surface area contributed by atoms with Crippen molar-refractivity contribution in [1.29, 1.82) is 0 Å². The summed E-state index contributed by atoms with van der Waals surface area (Å²) in [6.07, 6.45) is 3.99. The van der Waals surface area contributed by atoms with E-state index in [1.165, 1.54) is 5.56 Å². The SMILES string of the molecule is C[C@@H]1C[C@@H](O)c2ncnc(N3CCC(C(OCCN(C)C)c4ccc(Cl)cc4)CC3)c21. The minimum Gasteiger partial charge on any atom is -0.387 e. The van der Waals surface area contributed by atoms with Crippen LogP contribution >= 0.6 is 11.6 Å². The van der Waals surface area contributed by atoms with E-state index < -0.39 is 6.10 Å². The molecule has 168 valence electrons. The Balaban J connectivity index is 1.47. The lowest BCUT2D eigenvalue weighted by molar-refractivity contribution is -0.00307. The van der Waals surface area contributed by atoms with Crippen LogP contribution in [0, 0.1) is 5.92 Å². The first kappa shape index (κ1) is 22.5. The molecule has 0 radical (unpaired) electrons. The Morgan fingerprint density at radius 2 is 1.90 bits per heavy atom. The first-order chi connectivity index (χ1) is 14.9. The molecule has 1 aliphatic heterocycles. The first-order valence-corrected chi connectivity index (χ1v) is 11.6. The van der Waals surface area contributed by atoms with Crippen LogP contribution in [0.15, 0.2) is 30.6 Å². The fraction of sp³-hybridized carbons (Fsp3) is 0.583. The summed E-state index contributed by atoms with van der Waals surface area (Å²) in [6.45, 7) is 5.62. The Kier molecular flexibility index (Phi) is 7.12. The summed E-state index contributed by atoms with van der Waals surface area (Å²) in [4.78, 5) is 13.5. The third-order valence-electron chi connectivity index (χ3n) is 6.58. The third kappa shape index (κ3) is 5.03. The van der Waals surface area contributed by atoms with Crippen molar-refractivity contribution >= 4 is 17.4 Å². The van der Waals surface area contributed by atoms with Crippen molar-refractivity contribution in [3.63, 3.8) is 0 Å². The van der Waals surface area contributed by atoms with E-state index in [0.717, 1.165) is 61.0 Å². The number of ether oxygens (including phenoxy) is 1. The van der Waals surface area contributed by atoms with Gasteiger partial charge in [-0.15, -0.1) is 0 Å². The summed E-state index contributed by atoms with van der Waals surface area (Å²) in [5, 5.41) is 11.1. The number of hydrogen-bond donors (Lipinski definition) is 1. The number of likely N-dealkylation sites (N-methyl/N-ethyl adjacent to an activating group) is 1. The molecule has 0 saturated carbocycles. The monoisotopic (exact) mass is 444 g/mol. The molecule has 2 heterocycles. The molecule has 0 bridgehead atoms. The second-order valence-electron chi connectivity index (χ2n) is 9.12. The van der Waals surface area contributed by atoms with E-state index in [1.807, 2.05) is 12.1 Å². The van der Waals surface area contributed by atoms with Crippen LogP contribution in [0.1, 0.15) is 61.1 Å². The fourth-order valence-corrected chi connectivity index (χ4v) is 5.01. The Morgan fingerprint density at radius 3 is 2.58 bits per heavy atom. The average molecular weight is 445 g/mol. The van der Waals surface area contributed by atoms with Gasteiger partial charge in [0.2, 0.25) is 0 Å². The van der Waals surface area contributed by atoms with Crippen molar-refractivity contribution < 1.29 is 9.84 Å². The Morgan fingerprint density at radius 1 is 1.19 bits per heavy atom. The summed E-state index contributed by atoms with van der Waals surface area (Å²) >= 11 is 6.12. The maximum atomic E-state index is 10.3. The smallest absolute Gasteiger partial charge is 0.135 e. The molecule has 1 saturated heterocycles. The Labute approximate surface area is 190 Å². The molecule has 1 unspecified atom stereocenters. The van der Waals surface area contributed by atoms with Gasteiger partial charge < -0.3 is 19.6 Å². The van der Waals surface area contributed by atoms with Crippen molar-refractivity contribution in [1.82, 2.24) is 14.9 Å². The van der Waals surface area contributed by atoms with Crippen molar-refractivity contribution in [3.8, 4) is 0 Å². The quantitative estimate of drug-likeness (QED) is 0.690. The number of halogens is 1. The second-order valence-corrected chi connectivity index (χ2v) is 9.56. The van der Waals surface area contributed by atoms with Gasteiger partial charge in [0, 0.05) is 30.2 Å². The molecule has 6 nitrogen and oxygen atoms in total. The average Bonchev–Trinajstić information content (AvgIpc) is 3.06. The van der Waals surface area contributed by atoms with Crippen LogP contribution in [-0.2, 0) is 4.74 Å². The Hall–Kier alpha value is -1.73. The van der Waals surface area contributed by atoms with Gasteiger partial charge in [-0.05, 0) is 62.9 Å². The molecule has 4 rings (SSSR count). The zero-order valence-corrected chi connectivity index (χ0v) is 19.4. The van der Waals surface area contributed by atoms with Crippen LogP contribution in [-0.4, -0.2) is 60.3 Å². The predicted molar refractivity (Wildman–Crippen MR) is 124 cm³/mol. The number of piperidine rings is 1. The minimum atomic E-state index is -0.469. The van der Waals surface area contributed by atoms with Crippen LogP contribution in [0.3, 0.4) is 0 Å². The number of rotatable bonds is 7. The van der Waals surface area contributed by atoms with Crippen molar-refractivity contribution in [2.75, 3.05) is 45.2 Å². The van der Waals surface area contributed by atoms with E-state index in [4.69, 9.17) is 16.3 Å². The van der Waals surface area contributed by atoms with Crippen LogP contribution in [0.25, 0.3) is 0 Å². The second kappa shape index (κ2) is 9.82. The molecule has 0 spiro atoms. The zero-order valence-electron chi connectivity index (χ0n) is 18.7. The van der Waals surface area contributed by atoms with Crippen LogP contribution in [0.4, 0.5) is 5.82 Å². The number of anilines is 1. The lowest BCUT2D eigenvalue weighted by atomic mass is 9.87. The molecule has 1 aliphatic carbocycles. The standard InChI is InChI=1S/C24H33ClN4O2/c1-16-14-20(30)22-21(16)24(27-15-26-22)29-10-8-18(9-11-29)23(31-13-12-28(2)3)17-4-6-19(25)7-5-17/h4-7,15-16,18,20,23,30H,8-14H2,1-3H3/t16-,20-,23?/m1/s1. The van der Waals surface area contributed by atoms with Gasteiger partial charge in [-0.2, -0.15) is 0 Å². The van der Waals surface area contributed by atoms with Gasteiger partial charge >= 0.3 is 0 Å². The zero-order chi connectivity index (χ0) is 22.0. The summed E-state index contributed by atoms with van der Waals surface area (Å²) in [6, 6.07) is 8.08. The molecule has 31 heavy (non-hydrogen) atoms. The van der Waals surface area contributed by atoms with Crippen LogP contribution < -0.4 is 4.90 Å². The van der Waals surface area contributed by atoms with Crippen molar-refractivity contribution in [2.45, 2.75) is 44.3 Å². The highest BCUT2D eigenvalue weighted by atomic mass is 35.5. The summed E-state index contributed by atoms with van der Waals surface area (Å²) in [7, 11) is 4.13. The molecule has 1 aromatic heterocycles. The van der Waals surface area contributed by atoms with Gasteiger partial charge in [0.25, 0.3) is 0 Å². The number of benzene rings is 1. The number of fused-ring (bicyclic) bond motifs is 1. The topological polar surface area (TPSA) is 61.7 Å². The van der Waals surface area contributed by atoms with E-state index in [0.29, 0.717) is 12.5 Å². The summed E-state index contributed by atoms with van der Waals surface area (Å²) < 4.78 is 6.40. The molecular formula is C24H33ClN4O2. The third-order valence-corrected chi connectivity index (χ3v) is 6.83. The molecule has 1 fully saturated rings. The maximum Gasteiger partial charge on any atom is 0.135 e. The van der Waals surface area contributed by atoms with E-state index in [1.54, 1.807) is 6.33 Å². The summed E-state index contributed by atoms with van der Waals surface area (Å²) in [5.41, 5.74) is 3.14. The number of hydrogen-bond acceptors (Lipinski definition) is 6. The lowest BCUT2D eigenvalue weighted by Gasteiger charge is -2.37. The van der Waals surface area contributed by atoms with Crippen molar-refractivity contribution in [3.05, 3.63) is 52.4 Å². The van der Waals surface area contributed by atoms with Gasteiger partial charge in [-0.1, -0.05) is 30.7 Å². The van der Waals surface area contributed by atoms with E-state index in [2.05, 4.69) is 52.9 Å². The Bertz CT molecular complexity index is 868. The van der Waals surface area contributed by atoms with Gasteiger partial charge in [-0.3, -0.25) is 0 Å². The fourth-order valence-electron chi connectivity index (χ4n) is 4.89. The van der Waals surface area contributed by atoms with Gasteiger partial charge in [-0.25, -0.2) is 9.97 Å². The molecule has 2 aromatic rings. The predicted octanol–water partition coefficient (Wildman–Crippen LogP) is 4.21. The summed E-state index contributed by atoms with van der Waals surface area (Å²) in [5.74, 6) is 1.73. The molecule has 3 atom stereocenters. The van der Waals surface area contributed by atoms with Gasteiger partial charge in [0.05, 0.1) is 24.5 Å². The molecule has 1 N–H and O–H groups in total. The van der Waals surface area contributed by atoms with E-state index >= 15 is 0 Å². The molecular weight excluding hydrogens is 412 g/mol. The molecule has 7 heteroatoms. The van der Waals surface area contributed by atoms with Crippen LogP contribution in [0.2, 0.25) is 5.02 Å². The van der Waals surface area contributed by atoms with Crippen LogP contribution in [0.5, 0.6) is 0 Å². The van der Waals surface area contributed by atoms with E-state index in [9.17, 15) is 5.11 Å². The number of nitrogens with zero attached hydrogens (tertiary/aromatic N) is 4.